The number of aliphatic hydroxyl groups is 1. The maximum absolute atomic E-state index is 11.8. The third-order valence-electron chi connectivity index (χ3n) is 3.48. The van der Waals surface area contributed by atoms with Crippen molar-refractivity contribution < 1.29 is 14.6 Å². The molecule has 1 amide bonds. The predicted molar refractivity (Wildman–Crippen MR) is 70.4 cm³/mol. The lowest BCUT2D eigenvalue weighted by Gasteiger charge is -2.34. The van der Waals surface area contributed by atoms with Crippen LogP contribution < -0.4 is 5.32 Å². The molecule has 0 aliphatic heterocycles. The van der Waals surface area contributed by atoms with E-state index >= 15 is 0 Å². The molecule has 0 aromatic heterocycles. The number of methoxy groups -OCH3 is 1. The maximum Gasteiger partial charge on any atom is 0.234 e. The van der Waals surface area contributed by atoms with Gasteiger partial charge in [0.1, 0.15) is 0 Å². The first-order valence-corrected chi connectivity index (χ1v) is 6.71. The van der Waals surface area contributed by atoms with E-state index in [0.29, 0.717) is 13.2 Å². The van der Waals surface area contributed by atoms with Crippen LogP contribution in [-0.2, 0) is 9.53 Å². The van der Waals surface area contributed by atoms with Gasteiger partial charge >= 0.3 is 0 Å². The summed E-state index contributed by atoms with van der Waals surface area (Å²) in [5, 5.41) is 12.8. The molecule has 18 heavy (non-hydrogen) atoms. The molecule has 0 radical (unpaired) electrons. The van der Waals surface area contributed by atoms with Crippen molar-refractivity contribution in [2.24, 2.45) is 0 Å². The Morgan fingerprint density at radius 3 is 2.78 bits per heavy atom. The summed E-state index contributed by atoms with van der Waals surface area (Å²) < 4.78 is 4.97. The molecule has 5 heteroatoms. The smallest absolute Gasteiger partial charge is 0.234 e. The highest BCUT2D eigenvalue weighted by Crippen LogP contribution is 2.21. The van der Waals surface area contributed by atoms with E-state index in [2.05, 4.69) is 5.32 Å². The van der Waals surface area contributed by atoms with Gasteiger partial charge in [0.2, 0.25) is 5.91 Å². The van der Waals surface area contributed by atoms with Gasteiger partial charge in [-0.25, -0.2) is 0 Å². The molecule has 0 saturated heterocycles. The van der Waals surface area contributed by atoms with Crippen LogP contribution in [0.25, 0.3) is 0 Å². The van der Waals surface area contributed by atoms with Crippen LogP contribution in [-0.4, -0.2) is 61.4 Å². The quantitative estimate of drug-likeness (QED) is 0.723. The minimum absolute atomic E-state index is 0.0141. The van der Waals surface area contributed by atoms with Crippen LogP contribution >= 0.6 is 0 Å². The van der Waals surface area contributed by atoms with Crippen molar-refractivity contribution in [3.63, 3.8) is 0 Å². The van der Waals surface area contributed by atoms with E-state index in [9.17, 15) is 9.90 Å². The summed E-state index contributed by atoms with van der Waals surface area (Å²) in [6, 6.07) is 0.134. The van der Waals surface area contributed by atoms with Gasteiger partial charge in [-0.1, -0.05) is 12.8 Å². The molecule has 2 N–H and O–H groups in total. The third-order valence-corrected chi connectivity index (χ3v) is 3.48. The zero-order valence-corrected chi connectivity index (χ0v) is 11.7. The minimum atomic E-state index is -0.298. The van der Waals surface area contributed by atoms with Crippen molar-refractivity contribution >= 4 is 5.91 Å². The van der Waals surface area contributed by atoms with Gasteiger partial charge in [-0.2, -0.15) is 0 Å². The number of nitrogens with one attached hydrogen (secondary N) is 1. The van der Waals surface area contributed by atoms with Crippen LogP contribution in [0.3, 0.4) is 0 Å². The van der Waals surface area contributed by atoms with Crippen molar-refractivity contribution in [2.75, 3.05) is 27.3 Å². The average molecular weight is 258 g/mol. The molecule has 0 spiro atoms. The number of carbonyl (C=O) groups is 1. The Morgan fingerprint density at radius 1 is 1.50 bits per heavy atom. The number of hydrogen-bond donors (Lipinski definition) is 2. The summed E-state index contributed by atoms with van der Waals surface area (Å²) >= 11 is 0. The van der Waals surface area contributed by atoms with Crippen molar-refractivity contribution in [1.82, 2.24) is 10.2 Å². The molecule has 5 nitrogen and oxygen atoms in total. The standard InChI is InChI=1S/C13H26N2O3/c1-10(9-18-3)14-13(17)8-15(2)11-6-4-5-7-12(11)16/h10-12,16H,4-9H2,1-3H3,(H,14,17). The molecule has 1 aliphatic carbocycles. The Morgan fingerprint density at radius 2 is 2.17 bits per heavy atom. The van der Waals surface area contributed by atoms with Gasteiger partial charge in [-0.05, 0) is 26.8 Å². The summed E-state index contributed by atoms with van der Waals surface area (Å²) in [6.45, 7) is 2.76. The average Bonchev–Trinajstić information content (AvgIpc) is 2.29. The van der Waals surface area contributed by atoms with E-state index in [1.54, 1.807) is 7.11 Å². The second kappa shape index (κ2) is 7.71. The molecule has 1 aliphatic rings. The monoisotopic (exact) mass is 258 g/mol. The summed E-state index contributed by atoms with van der Waals surface area (Å²) in [6.07, 6.45) is 3.74. The Balaban J connectivity index is 2.34. The number of likely N-dealkylation sites (N-methyl/N-ethyl adjacent to an activating group) is 1. The van der Waals surface area contributed by atoms with Crippen molar-refractivity contribution in [3.8, 4) is 0 Å². The Kier molecular flexibility index (Phi) is 6.60. The van der Waals surface area contributed by atoms with Crippen LogP contribution in [0.1, 0.15) is 32.6 Å². The van der Waals surface area contributed by atoms with Crippen LogP contribution in [0.2, 0.25) is 0 Å². The highest BCUT2D eigenvalue weighted by molar-refractivity contribution is 5.78. The molecule has 0 aromatic rings. The molecular formula is C13H26N2O3. The summed E-state index contributed by atoms with van der Waals surface area (Å²) in [5.41, 5.74) is 0. The van der Waals surface area contributed by atoms with Gasteiger partial charge in [0.25, 0.3) is 0 Å². The fourth-order valence-electron chi connectivity index (χ4n) is 2.56. The number of rotatable bonds is 6. The highest BCUT2D eigenvalue weighted by atomic mass is 16.5. The third kappa shape index (κ3) is 4.92. The lowest BCUT2D eigenvalue weighted by molar-refractivity contribution is -0.124. The zero-order chi connectivity index (χ0) is 13.5. The van der Waals surface area contributed by atoms with E-state index in [-0.39, 0.29) is 24.1 Å². The molecule has 0 heterocycles. The van der Waals surface area contributed by atoms with E-state index in [0.717, 1.165) is 25.7 Å². The zero-order valence-electron chi connectivity index (χ0n) is 11.7. The largest absolute Gasteiger partial charge is 0.391 e. The van der Waals surface area contributed by atoms with Crippen LogP contribution in [0, 0.1) is 0 Å². The van der Waals surface area contributed by atoms with Crippen molar-refractivity contribution in [2.45, 2.75) is 50.8 Å². The first-order chi connectivity index (χ1) is 8.54. The second-order valence-electron chi connectivity index (χ2n) is 5.26. The normalized spacial score (nSPS) is 26.1. The summed E-state index contributed by atoms with van der Waals surface area (Å²) in [7, 11) is 3.52. The molecule has 0 aromatic carbocycles. The maximum atomic E-state index is 11.8. The molecule has 106 valence electrons. The molecule has 1 fully saturated rings. The Labute approximate surface area is 109 Å². The van der Waals surface area contributed by atoms with Crippen LogP contribution in [0.4, 0.5) is 0 Å². The second-order valence-corrected chi connectivity index (χ2v) is 5.26. The van der Waals surface area contributed by atoms with Gasteiger partial charge < -0.3 is 15.2 Å². The van der Waals surface area contributed by atoms with E-state index in [1.165, 1.54) is 0 Å². The summed E-state index contributed by atoms with van der Waals surface area (Å²) in [5.74, 6) is -0.0141. The van der Waals surface area contributed by atoms with E-state index < -0.39 is 0 Å². The highest BCUT2D eigenvalue weighted by Gasteiger charge is 2.27. The fraction of sp³-hybridized carbons (Fsp3) is 0.923. The lowest BCUT2D eigenvalue weighted by Crippen LogP contribution is -2.49. The molecule has 1 rings (SSSR count). The number of aliphatic hydroxyl groups excluding tert-OH is 1. The summed E-state index contributed by atoms with van der Waals surface area (Å²) in [4.78, 5) is 13.8. The van der Waals surface area contributed by atoms with Gasteiger partial charge in [0.15, 0.2) is 0 Å². The number of hydrogen-bond acceptors (Lipinski definition) is 4. The van der Waals surface area contributed by atoms with Crippen molar-refractivity contribution in [1.29, 1.82) is 0 Å². The molecule has 3 unspecified atom stereocenters. The van der Waals surface area contributed by atoms with Crippen molar-refractivity contribution in [3.05, 3.63) is 0 Å². The number of ether oxygens (including phenoxy) is 1. The first-order valence-electron chi connectivity index (χ1n) is 6.71. The molecule has 0 bridgehead atoms. The number of nitrogens with zero attached hydrogens (tertiary/aromatic N) is 1. The first kappa shape index (κ1) is 15.4. The fourth-order valence-corrected chi connectivity index (χ4v) is 2.56. The molecular weight excluding hydrogens is 232 g/mol. The Hall–Kier alpha value is -0.650. The topological polar surface area (TPSA) is 61.8 Å². The van der Waals surface area contributed by atoms with Crippen LogP contribution in [0.15, 0.2) is 0 Å². The van der Waals surface area contributed by atoms with Gasteiger partial charge in [0.05, 0.1) is 19.3 Å². The lowest BCUT2D eigenvalue weighted by atomic mass is 9.91. The van der Waals surface area contributed by atoms with Gasteiger partial charge in [-0.15, -0.1) is 0 Å². The molecule has 1 saturated carbocycles. The Bertz CT molecular complexity index is 261. The van der Waals surface area contributed by atoms with Gasteiger partial charge in [0, 0.05) is 19.2 Å². The predicted octanol–water partition coefficient (Wildman–Crippen LogP) is 0.373. The molecule has 3 atom stereocenters. The SMILES string of the molecule is COCC(C)NC(=O)CN(C)C1CCCCC1O. The van der Waals surface area contributed by atoms with Crippen LogP contribution in [0.5, 0.6) is 0 Å². The van der Waals surface area contributed by atoms with E-state index in [4.69, 9.17) is 4.74 Å². The number of carbonyl (C=O) groups excluding carboxylic acids is 1. The number of amides is 1. The minimum Gasteiger partial charge on any atom is -0.391 e. The van der Waals surface area contributed by atoms with E-state index in [1.807, 2.05) is 18.9 Å². The van der Waals surface area contributed by atoms with Gasteiger partial charge in [-0.3, -0.25) is 9.69 Å².